The SMILES string of the molecule is Cc1ccc(NC2C[C@H](C)Sc3sccc32)cc1Cl. The second kappa shape index (κ2) is 5.39. The Morgan fingerprint density at radius 2 is 2.16 bits per heavy atom. The van der Waals surface area contributed by atoms with Gasteiger partial charge in [0.25, 0.3) is 0 Å². The van der Waals surface area contributed by atoms with Gasteiger partial charge < -0.3 is 5.32 Å². The van der Waals surface area contributed by atoms with Crippen LogP contribution in [-0.2, 0) is 0 Å². The van der Waals surface area contributed by atoms with E-state index in [9.17, 15) is 0 Å². The quantitative estimate of drug-likeness (QED) is 0.758. The van der Waals surface area contributed by atoms with E-state index in [0.29, 0.717) is 11.3 Å². The molecule has 3 rings (SSSR count). The van der Waals surface area contributed by atoms with Crippen molar-refractivity contribution in [3.63, 3.8) is 0 Å². The van der Waals surface area contributed by atoms with Crippen LogP contribution in [0.15, 0.2) is 33.9 Å². The van der Waals surface area contributed by atoms with Crippen molar-refractivity contribution in [2.75, 3.05) is 5.32 Å². The van der Waals surface area contributed by atoms with E-state index in [2.05, 4.69) is 35.8 Å². The van der Waals surface area contributed by atoms with E-state index in [4.69, 9.17) is 11.6 Å². The van der Waals surface area contributed by atoms with Crippen molar-refractivity contribution in [2.24, 2.45) is 0 Å². The summed E-state index contributed by atoms with van der Waals surface area (Å²) in [6.45, 7) is 4.33. The third kappa shape index (κ3) is 2.78. The molecule has 2 aromatic rings. The third-order valence-corrected chi connectivity index (χ3v) is 6.17. The zero-order valence-corrected chi connectivity index (χ0v) is 13.3. The van der Waals surface area contributed by atoms with Crippen LogP contribution in [0.3, 0.4) is 0 Å². The standard InChI is InChI=1S/C15H16ClNS2/c1-9-3-4-11(8-13(9)16)17-14-7-10(2)19-15-12(14)5-6-18-15/h3-6,8,10,14,17H,7H2,1-2H3/t10-,14?/m0/s1. The monoisotopic (exact) mass is 309 g/mol. The van der Waals surface area contributed by atoms with Crippen molar-refractivity contribution in [3.05, 3.63) is 45.8 Å². The molecule has 1 nitrogen and oxygen atoms in total. The van der Waals surface area contributed by atoms with Crippen molar-refractivity contribution in [3.8, 4) is 0 Å². The van der Waals surface area contributed by atoms with Gasteiger partial charge in [-0.3, -0.25) is 0 Å². The summed E-state index contributed by atoms with van der Waals surface area (Å²) in [4.78, 5) is 0. The summed E-state index contributed by atoms with van der Waals surface area (Å²) >= 11 is 10.0. The molecule has 0 saturated carbocycles. The molecule has 19 heavy (non-hydrogen) atoms. The van der Waals surface area contributed by atoms with E-state index >= 15 is 0 Å². The maximum atomic E-state index is 6.20. The Kier molecular flexibility index (Phi) is 3.79. The van der Waals surface area contributed by atoms with Crippen LogP contribution in [0.5, 0.6) is 0 Å². The van der Waals surface area contributed by atoms with Crippen LogP contribution in [0.2, 0.25) is 5.02 Å². The summed E-state index contributed by atoms with van der Waals surface area (Å²) in [5.74, 6) is 0. The Balaban J connectivity index is 1.86. The largest absolute Gasteiger partial charge is 0.378 e. The van der Waals surface area contributed by atoms with E-state index in [1.807, 2.05) is 36.1 Å². The van der Waals surface area contributed by atoms with Crippen LogP contribution >= 0.6 is 34.7 Å². The smallest absolute Gasteiger partial charge is 0.0653 e. The molecule has 1 aromatic heterocycles. The molecule has 1 aliphatic heterocycles. The third-order valence-electron chi connectivity index (χ3n) is 3.42. The van der Waals surface area contributed by atoms with Crippen molar-refractivity contribution in [1.29, 1.82) is 0 Å². The molecule has 0 fully saturated rings. The summed E-state index contributed by atoms with van der Waals surface area (Å²) in [7, 11) is 0. The van der Waals surface area contributed by atoms with Gasteiger partial charge in [0, 0.05) is 16.0 Å². The first-order valence-electron chi connectivity index (χ1n) is 6.40. The molecule has 0 saturated heterocycles. The van der Waals surface area contributed by atoms with Crippen LogP contribution in [0.25, 0.3) is 0 Å². The Morgan fingerprint density at radius 3 is 2.95 bits per heavy atom. The average Bonchev–Trinajstić information content (AvgIpc) is 2.82. The first-order valence-corrected chi connectivity index (χ1v) is 8.54. The molecular formula is C15H16ClNS2. The van der Waals surface area contributed by atoms with Crippen LogP contribution in [0.4, 0.5) is 5.69 Å². The first kappa shape index (κ1) is 13.3. The molecule has 100 valence electrons. The van der Waals surface area contributed by atoms with Gasteiger partial charge in [0.2, 0.25) is 0 Å². The lowest BCUT2D eigenvalue weighted by Crippen LogP contribution is -2.18. The fourth-order valence-corrected chi connectivity index (χ4v) is 5.12. The zero-order chi connectivity index (χ0) is 13.4. The lowest BCUT2D eigenvalue weighted by Gasteiger charge is -2.28. The number of aryl methyl sites for hydroxylation is 1. The lowest BCUT2D eigenvalue weighted by atomic mass is 10.0. The predicted octanol–water partition coefficient (Wildman–Crippen LogP) is 5.75. The Bertz CT molecular complexity index is 594. The molecule has 2 atom stereocenters. The number of thiophene rings is 1. The van der Waals surface area contributed by atoms with Crippen molar-refractivity contribution < 1.29 is 0 Å². The fourth-order valence-electron chi connectivity index (χ4n) is 2.37. The van der Waals surface area contributed by atoms with Gasteiger partial charge in [0.1, 0.15) is 0 Å². The van der Waals surface area contributed by atoms with E-state index in [1.54, 1.807) is 0 Å². The summed E-state index contributed by atoms with van der Waals surface area (Å²) < 4.78 is 1.45. The average molecular weight is 310 g/mol. The molecular weight excluding hydrogens is 294 g/mol. The summed E-state index contributed by atoms with van der Waals surface area (Å²) in [6, 6.07) is 8.85. The van der Waals surface area contributed by atoms with Crippen molar-refractivity contribution >= 4 is 40.4 Å². The van der Waals surface area contributed by atoms with Gasteiger partial charge in [-0.25, -0.2) is 0 Å². The number of hydrogen-bond donors (Lipinski definition) is 1. The van der Waals surface area contributed by atoms with Crippen LogP contribution in [0.1, 0.15) is 30.5 Å². The minimum absolute atomic E-state index is 0.399. The topological polar surface area (TPSA) is 12.0 Å². The Labute approximate surface area is 127 Å². The molecule has 0 radical (unpaired) electrons. The van der Waals surface area contributed by atoms with Gasteiger partial charge in [-0.2, -0.15) is 0 Å². The second-order valence-corrected chi connectivity index (χ2v) is 8.02. The van der Waals surface area contributed by atoms with Gasteiger partial charge >= 0.3 is 0 Å². The molecule has 0 bridgehead atoms. The zero-order valence-electron chi connectivity index (χ0n) is 10.9. The molecule has 1 aliphatic rings. The van der Waals surface area contributed by atoms with Gasteiger partial charge in [0.15, 0.2) is 0 Å². The Hall–Kier alpha value is -0.640. The molecule has 1 aromatic carbocycles. The van der Waals surface area contributed by atoms with Crippen LogP contribution < -0.4 is 5.32 Å². The number of halogens is 1. The summed E-state index contributed by atoms with van der Waals surface area (Å²) in [6.07, 6.45) is 1.15. The van der Waals surface area contributed by atoms with E-state index in [1.165, 1.54) is 9.77 Å². The molecule has 4 heteroatoms. The highest BCUT2D eigenvalue weighted by Gasteiger charge is 2.26. The number of anilines is 1. The highest BCUT2D eigenvalue weighted by Crippen LogP contribution is 2.45. The highest BCUT2D eigenvalue weighted by molar-refractivity contribution is 8.01. The van der Waals surface area contributed by atoms with E-state index < -0.39 is 0 Å². The molecule has 2 heterocycles. The summed E-state index contributed by atoms with van der Waals surface area (Å²) in [5, 5.41) is 7.30. The number of hydrogen-bond acceptors (Lipinski definition) is 3. The number of rotatable bonds is 2. The fraction of sp³-hybridized carbons (Fsp3) is 0.333. The number of thioether (sulfide) groups is 1. The van der Waals surface area contributed by atoms with Crippen LogP contribution in [0, 0.1) is 6.92 Å². The normalized spacial score (nSPS) is 22.1. The van der Waals surface area contributed by atoms with Crippen LogP contribution in [-0.4, -0.2) is 5.25 Å². The predicted molar refractivity (Wildman–Crippen MR) is 86.8 cm³/mol. The molecule has 0 aliphatic carbocycles. The van der Waals surface area contributed by atoms with Crippen molar-refractivity contribution in [1.82, 2.24) is 0 Å². The maximum Gasteiger partial charge on any atom is 0.0653 e. The Morgan fingerprint density at radius 1 is 1.32 bits per heavy atom. The lowest BCUT2D eigenvalue weighted by molar-refractivity contribution is 0.670. The molecule has 0 spiro atoms. The number of fused-ring (bicyclic) bond motifs is 1. The number of nitrogens with one attached hydrogen (secondary N) is 1. The molecule has 1 unspecified atom stereocenters. The van der Waals surface area contributed by atoms with Gasteiger partial charge in [-0.15, -0.1) is 23.1 Å². The number of benzene rings is 1. The van der Waals surface area contributed by atoms with Gasteiger partial charge in [-0.1, -0.05) is 24.6 Å². The highest BCUT2D eigenvalue weighted by atomic mass is 35.5. The van der Waals surface area contributed by atoms with Crippen molar-refractivity contribution in [2.45, 2.75) is 35.8 Å². The molecule has 1 N–H and O–H groups in total. The molecule has 0 amide bonds. The first-order chi connectivity index (χ1) is 9.13. The van der Waals surface area contributed by atoms with Gasteiger partial charge in [0.05, 0.1) is 10.3 Å². The minimum atomic E-state index is 0.399. The van der Waals surface area contributed by atoms with Gasteiger partial charge in [-0.05, 0) is 48.1 Å². The second-order valence-electron chi connectivity index (χ2n) is 4.99. The van der Waals surface area contributed by atoms with E-state index in [0.717, 1.165) is 22.7 Å². The van der Waals surface area contributed by atoms with E-state index in [-0.39, 0.29) is 0 Å². The maximum absolute atomic E-state index is 6.20. The minimum Gasteiger partial charge on any atom is -0.378 e. The summed E-state index contributed by atoms with van der Waals surface area (Å²) in [5.41, 5.74) is 3.66.